The minimum Gasteiger partial charge on any atom is -0.494 e. The van der Waals surface area contributed by atoms with Gasteiger partial charge in [-0.05, 0) is 80.1 Å². The van der Waals surface area contributed by atoms with Crippen LogP contribution in [-0.4, -0.2) is 36.3 Å². The average molecular weight is 544 g/mol. The molecule has 202 valence electrons. The van der Waals surface area contributed by atoms with Crippen molar-refractivity contribution >= 4 is 23.1 Å². The molecule has 1 atom stereocenters. The van der Waals surface area contributed by atoms with Gasteiger partial charge in [-0.2, -0.15) is 0 Å². The molecule has 4 aromatic rings. The van der Waals surface area contributed by atoms with Crippen molar-refractivity contribution in [1.29, 1.82) is 0 Å². The molecule has 2 aromatic heterocycles. The Morgan fingerprint density at radius 3 is 2.56 bits per heavy atom. The van der Waals surface area contributed by atoms with Crippen LogP contribution in [0.5, 0.6) is 17.2 Å². The molecule has 8 heteroatoms. The van der Waals surface area contributed by atoms with Gasteiger partial charge in [-0.1, -0.05) is 12.1 Å². The number of hydrogen-bond acceptors (Lipinski definition) is 5. The molecular formula is C31H33N3O4S. The van der Waals surface area contributed by atoms with Crippen molar-refractivity contribution in [2.45, 2.75) is 45.2 Å². The fraction of sp³-hybridized carbons (Fsp3) is 0.323. The number of urea groups is 1. The third kappa shape index (κ3) is 4.63. The minimum absolute atomic E-state index is 0.169. The van der Waals surface area contributed by atoms with Crippen molar-refractivity contribution in [2.24, 2.45) is 0 Å². The fourth-order valence-electron chi connectivity index (χ4n) is 5.76. The number of fused-ring (bicyclic) bond motifs is 5. The topological polar surface area (TPSA) is 65.0 Å². The molecule has 7 nitrogen and oxygen atoms in total. The van der Waals surface area contributed by atoms with E-state index in [9.17, 15) is 4.79 Å². The van der Waals surface area contributed by atoms with E-state index < -0.39 is 0 Å². The maximum Gasteiger partial charge on any atom is 0.322 e. The van der Waals surface area contributed by atoms with E-state index in [1.807, 2.05) is 41.4 Å². The molecule has 2 amide bonds. The lowest BCUT2D eigenvalue weighted by Crippen LogP contribution is -2.38. The van der Waals surface area contributed by atoms with E-state index in [-0.39, 0.29) is 12.1 Å². The molecule has 2 aliphatic rings. The lowest BCUT2D eigenvalue weighted by atomic mass is 9.95. The van der Waals surface area contributed by atoms with Crippen LogP contribution in [0.25, 0.3) is 5.00 Å². The quantitative estimate of drug-likeness (QED) is 0.285. The number of rotatable bonds is 6. The van der Waals surface area contributed by atoms with Crippen molar-refractivity contribution in [3.63, 3.8) is 0 Å². The highest BCUT2D eigenvalue weighted by Gasteiger charge is 2.36. The number of aromatic nitrogens is 1. The molecule has 0 saturated heterocycles. The monoisotopic (exact) mass is 543 g/mol. The van der Waals surface area contributed by atoms with Crippen molar-refractivity contribution in [2.75, 3.05) is 26.1 Å². The number of methoxy groups -OCH3 is 2. The second-order valence-corrected chi connectivity index (χ2v) is 10.9. The molecule has 0 spiro atoms. The molecule has 1 aliphatic heterocycles. The normalized spacial score (nSPS) is 16.0. The molecule has 2 aromatic carbocycles. The summed E-state index contributed by atoms with van der Waals surface area (Å²) in [5.74, 6) is 2.00. The molecule has 6 rings (SSSR count). The third-order valence-electron chi connectivity index (χ3n) is 7.58. The molecular weight excluding hydrogens is 510 g/mol. The third-order valence-corrected chi connectivity index (χ3v) is 8.91. The molecule has 0 radical (unpaired) electrons. The second kappa shape index (κ2) is 10.7. The Balaban J connectivity index is 1.44. The zero-order valence-corrected chi connectivity index (χ0v) is 23.3. The lowest BCUT2D eigenvalue weighted by molar-refractivity contribution is 0.194. The summed E-state index contributed by atoms with van der Waals surface area (Å²) >= 11 is 1.89. The van der Waals surface area contributed by atoms with Crippen LogP contribution in [0, 0.1) is 0 Å². The van der Waals surface area contributed by atoms with E-state index in [1.54, 1.807) is 26.4 Å². The maximum absolute atomic E-state index is 14.2. The number of carbonyl (C=O) groups is 1. The van der Waals surface area contributed by atoms with Crippen molar-refractivity contribution in [3.8, 4) is 22.2 Å². The van der Waals surface area contributed by atoms with Gasteiger partial charge in [-0.15, -0.1) is 11.3 Å². The summed E-state index contributed by atoms with van der Waals surface area (Å²) in [7, 11) is 3.19. The number of thiophene rings is 1. The van der Waals surface area contributed by atoms with Crippen LogP contribution in [0.4, 0.5) is 10.5 Å². The molecule has 0 bridgehead atoms. The van der Waals surface area contributed by atoms with Gasteiger partial charge in [0.15, 0.2) is 11.5 Å². The first-order valence-electron chi connectivity index (χ1n) is 13.4. The number of aryl methyl sites for hydroxylation is 1. The van der Waals surface area contributed by atoms with Crippen LogP contribution >= 0.6 is 11.3 Å². The summed E-state index contributed by atoms with van der Waals surface area (Å²) in [5, 5.41) is 4.38. The van der Waals surface area contributed by atoms with Crippen molar-refractivity contribution in [1.82, 2.24) is 9.47 Å². The van der Waals surface area contributed by atoms with Crippen molar-refractivity contribution in [3.05, 3.63) is 88.1 Å². The fourth-order valence-corrected chi connectivity index (χ4v) is 7.16. The number of amides is 2. The smallest absolute Gasteiger partial charge is 0.322 e. The van der Waals surface area contributed by atoms with Gasteiger partial charge in [0, 0.05) is 28.4 Å². The molecule has 3 heterocycles. The van der Waals surface area contributed by atoms with Gasteiger partial charge in [-0.3, -0.25) is 0 Å². The minimum atomic E-state index is -0.283. The molecule has 0 saturated carbocycles. The Hall–Kier alpha value is -3.91. The zero-order valence-electron chi connectivity index (χ0n) is 22.5. The molecule has 0 fully saturated rings. The summed E-state index contributed by atoms with van der Waals surface area (Å²) in [6.45, 7) is 3.11. The number of ether oxygens (including phenoxy) is 3. The molecule has 39 heavy (non-hydrogen) atoms. The van der Waals surface area contributed by atoms with Crippen LogP contribution in [0.1, 0.15) is 53.1 Å². The summed E-state index contributed by atoms with van der Waals surface area (Å²) < 4.78 is 18.9. The zero-order chi connectivity index (χ0) is 26.9. The number of nitrogens with one attached hydrogen (secondary N) is 1. The number of nitrogens with zero attached hydrogens (tertiary/aromatic N) is 2. The highest BCUT2D eigenvalue weighted by Crippen LogP contribution is 2.44. The van der Waals surface area contributed by atoms with Gasteiger partial charge >= 0.3 is 6.03 Å². The van der Waals surface area contributed by atoms with Crippen LogP contribution in [0.2, 0.25) is 0 Å². The van der Waals surface area contributed by atoms with Crippen LogP contribution < -0.4 is 19.5 Å². The Morgan fingerprint density at radius 2 is 1.79 bits per heavy atom. The largest absolute Gasteiger partial charge is 0.494 e. The van der Waals surface area contributed by atoms with Crippen molar-refractivity contribution < 1.29 is 19.0 Å². The Kier molecular flexibility index (Phi) is 6.95. The van der Waals surface area contributed by atoms with Crippen LogP contribution in [0.15, 0.2) is 60.8 Å². The van der Waals surface area contributed by atoms with Gasteiger partial charge in [0.05, 0.1) is 39.1 Å². The SMILES string of the molecule is CCOc1ccc([C@@H]2c3cccn3-c3sc4c(c3CN2C(=O)Nc2ccc(OC)c(OC)c2)CCCC4)cc1. The first kappa shape index (κ1) is 25.4. The summed E-state index contributed by atoms with van der Waals surface area (Å²) in [4.78, 5) is 17.6. The second-order valence-electron chi connectivity index (χ2n) is 9.83. The molecule has 1 N–H and O–H groups in total. The van der Waals surface area contributed by atoms with E-state index in [1.165, 1.54) is 33.8 Å². The van der Waals surface area contributed by atoms with Gasteiger partial charge in [0.25, 0.3) is 0 Å². The van der Waals surface area contributed by atoms with Gasteiger partial charge in [0.1, 0.15) is 10.8 Å². The highest BCUT2D eigenvalue weighted by atomic mass is 32.1. The summed E-state index contributed by atoms with van der Waals surface area (Å²) in [6, 6.07) is 17.3. The molecule has 0 unspecified atom stereocenters. The lowest BCUT2D eigenvalue weighted by Gasteiger charge is -2.31. The van der Waals surface area contributed by atoms with E-state index >= 15 is 0 Å². The predicted molar refractivity (Wildman–Crippen MR) is 154 cm³/mol. The highest BCUT2D eigenvalue weighted by molar-refractivity contribution is 7.15. The van der Waals surface area contributed by atoms with E-state index in [2.05, 4.69) is 40.3 Å². The Bertz CT molecular complexity index is 1490. The van der Waals surface area contributed by atoms with Gasteiger partial charge in [-0.25, -0.2) is 4.79 Å². The summed E-state index contributed by atoms with van der Waals surface area (Å²) in [6.07, 6.45) is 6.73. The first-order chi connectivity index (χ1) is 19.1. The number of hydrogen-bond donors (Lipinski definition) is 1. The maximum atomic E-state index is 14.2. The summed E-state index contributed by atoms with van der Waals surface area (Å²) in [5.41, 5.74) is 5.44. The van der Waals surface area contributed by atoms with Gasteiger partial charge in [0.2, 0.25) is 0 Å². The van der Waals surface area contributed by atoms with Crippen LogP contribution in [-0.2, 0) is 19.4 Å². The predicted octanol–water partition coefficient (Wildman–Crippen LogP) is 6.97. The standard InChI is InChI=1S/C31H33N3O4S/c1-4-38-22-14-11-20(12-15-22)29-25-9-7-17-33(25)30-24(23-8-5-6-10-28(23)39-30)19-34(29)31(35)32-21-13-16-26(36-2)27(18-21)37-3/h7,9,11-18,29H,4-6,8,10,19H2,1-3H3,(H,32,35)/t29-/m1/s1. The number of carbonyl (C=O) groups excluding carboxylic acids is 1. The van der Waals surface area contributed by atoms with Gasteiger partial charge < -0.3 is 29.0 Å². The number of benzene rings is 2. The Morgan fingerprint density at radius 1 is 1.00 bits per heavy atom. The first-order valence-corrected chi connectivity index (χ1v) is 14.3. The van der Waals surface area contributed by atoms with E-state index in [0.717, 1.165) is 29.8 Å². The number of anilines is 1. The van der Waals surface area contributed by atoms with E-state index in [4.69, 9.17) is 14.2 Å². The Labute approximate surface area is 232 Å². The van der Waals surface area contributed by atoms with E-state index in [0.29, 0.717) is 30.3 Å². The van der Waals surface area contributed by atoms with Crippen LogP contribution in [0.3, 0.4) is 0 Å². The molecule has 1 aliphatic carbocycles. The average Bonchev–Trinajstić information content (AvgIpc) is 3.55.